The van der Waals surface area contributed by atoms with E-state index in [1.807, 2.05) is 0 Å². The highest BCUT2D eigenvalue weighted by atomic mass is 35.5. The van der Waals surface area contributed by atoms with Gasteiger partial charge in [0.15, 0.2) is 0 Å². The number of carbonyl (C=O) groups excluding carboxylic acids is 1. The molecule has 16 heavy (non-hydrogen) atoms. The van der Waals surface area contributed by atoms with Crippen LogP contribution in [0.3, 0.4) is 0 Å². The maximum atomic E-state index is 11.4. The molecule has 1 aromatic rings. The summed E-state index contributed by atoms with van der Waals surface area (Å²) in [6.07, 6.45) is 3.05. The van der Waals surface area contributed by atoms with Gasteiger partial charge in [-0.05, 0) is 18.9 Å². The first kappa shape index (κ1) is 11.4. The molecule has 0 atom stereocenters. The summed E-state index contributed by atoms with van der Waals surface area (Å²) in [5.74, 6) is 0.343. The van der Waals surface area contributed by atoms with Crippen LogP contribution in [0.1, 0.15) is 12.8 Å². The molecule has 1 amide bonds. The molecule has 1 heterocycles. The SMILES string of the molecule is O=C(Nc1cc(Cl)c(B(O)O)cn1)C1CC1. The van der Waals surface area contributed by atoms with Crippen LogP contribution in [-0.4, -0.2) is 28.1 Å². The second kappa shape index (κ2) is 4.41. The highest BCUT2D eigenvalue weighted by molar-refractivity contribution is 6.62. The van der Waals surface area contributed by atoms with E-state index >= 15 is 0 Å². The second-order valence-electron chi connectivity index (χ2n) is 3.73. The number of hydrogen-bond acceptors (Lipinski definition) is 4. The van der Waals surface area contributed by atoms with Crippen molar-refractivity contribution in [3.8, 4) is 0 Å². The Morgan fingerprint density at radius 1 is 1.56 bits per heavy atom. The van der Waals surface area contributed by atoms with E-state index in [0.29, 0.717) is 5.82 Å². The van der Waals surface area contributed by atoms with Crippen molar-refractivity contribution in [1.29, 1.82) is 0 Å². The van der Waals surface area contributed by atoms with Crippen molar-refractivity contribution in [2.45, 2.75) is 12.8 Å². The molecule has 0 bridgehead atoms. The third kappa shape index (κ3) is 2.52. The van der Waals surface area contributed by atoms with Crippen LogP contribution in [0.4, 0.5) is 5.82 Å². The summed E-state index contributed by atoms with van der Waals surface area (Å²) in [5, 5.41) is 20.6. The third-order valence-corrected chi connectivity index (χ3v) is 2.69. The van der Waals surface area contributed by atoms with Crippen LogP contribution in [0, 0.1) is 5.92 Å². The molecule has 1 aliphatic carbocycles. The second-order valence-corrected chi connectivity index (χ2v) is 4.14. The molecule has 0 unspecified atom stereocenters. The van der Waals surface area contributed by atoms with E-state index in [1.165, 1.54) is 12.3 Å². The molecule has 1 aliphatic rings. The first-order chi connectivity index (χ1) is 7.58. The summed E-state index contributed by atoms with van der Waals surface area (Å²) < 4.78 is 0. The fourth-order valence-corrected chi connectivity index (χ4v) is 1.52. The van der Waals surface area contributed by atoms with Crippen LogP contribution >= 0.6 is 11.6 Å². The quantitative estimate of drug-likeness (QED) is 0.637. The number of amides is 1. The van der Waals surface area contributed by atoms with Gasteiger partial charge in [-0.2, -0.15) is 0 Å². The van der Waals surface area contributed by atoms with Crippen LogP contribution < -0.4 is 10.8 Å². The number of nitrogens with one attached hydrogen (secondary N) is 1. The number of hydrogen-bond donors (Lipinski definition) is 3. The van der Waals surface area contributed by atoms with E-state index in [1.54, 1.807) is 0 Å². The largest absolute Gasteiger partial charge is 0.491 e. The molecule has 1 fully saturated rings. The lowest BCUT2D eigenvalue weighted by atomic mass is 9.81. The molecule has 3 N–H and O–H groups in total. The van der Waals surface area contributed by atoms with Crippen molar-refractivity contribution in [2.75, 3.05) is 5.32 Å². The van der Waals surface area contributed by atoms with Crippen LogP contribution in [0.2, 0.25) is 5.02 Å². The zero-order valence-corrected chi connectivity index (χ0v) is 9.11. The Morgan fingerprint density at radius 3 is 2.75 bits per heavy atom. The molecule has 1 saturated carbocycles. The molecule has 0 spiro atoms. The predicted octanol–water partition coefficient (Wildman–Crippen LogP) is -0.237. The Kier molecular flexibility index (Phi) is 3.14. The number of nitrogens with zero attached hydrogens (tertiary/aromatic N) is 1. The molecular weight excluding hydrogens is 230 g/mol. The van der Waals surface area contributed by atoms with E-state index in [9.17, 15) is 4.79 Å². The fraction of sp³-hybridized carbons (Fsp3) is 0.333. The van der Waals surface area contributed by atoms with E-state index < -0.39 is 7.12 Å². The van der Waals surface area contributed by atoms with Gasteiger partial charge in [-0.1, -0.05) is 11.6 Å². The normalized spacial score (nSPS) is 14.7. The van der Waals surface area contributed by atoms with Gasteiger partial charge in [0.05, 0.1) is 0 Å². The maximum absolute atomic E-state index is 11.4. The lowest BCUT2D eigenvalue weighted by Gasteiger charge is -2.06. The highest BCUT2D eigenvalue weighted by Crippen LogP contribution is 2.30. The van der Waals surface area contributed by atoms with Crippen molar-refractivity contribution in [2.24, 2.45) is 5.92 Å². The highest BCUT2D eigenvalue weighted by Gasteiger charge is 2.30. The smallest absolute Gasteiger partial charge is 0.423 e. The zero-order chi connectivity index (χ0) is 11.7. The van der Waals surface area contributed by atoms with Gasteiger partial charge in [-0.25, -0.2) is 4.98 Å². The molecule has 7 heteroatoms. The van der Waals surface area contributed by atoms with Crippen molar-refractivity contribution >= 4 is 35.9 Å². The average Bonchev–Trinajstić information content (AvgIpc) is 2.99. The van der Waals surface area contributed by atoms with Crippen LogP contribution in [0.25, 0.3) is 0 Å². The minimum absolute atomic E-state index is 0.0686. The molecule has 0 aromatic carbocycles. The number of anilines is 1. The summed E-state index contributed by atoms with van der Waals surface area (Å²) in [7, 11) is -1.66. The molecule has 0 aliphatic heterocycles. The first-order valence-electron chi connectivity index (χ1n) is 4.90. The van der Waals surface area contributed by atoms with Gasteiger partial charge in [0.25, 0.3) is 0 Å². The minimum atomic E-state index is -1.66. The lowest BCUT2D eigenvalue weighted by molar-refractivity contribution is -0.117. The van der Waals surface area contributed by atoms with Gasteiger partial charge in [-0.3, -0.25) is 4.79 Å². The minimum Gasteiger partial charge on any atom is -0.423 e. The van der Waals surface area contributed by atoms with Crippen LogP contribution in [-0.2, 0) is 4.79 Å². The number of halogens is 1. The molecule has 5 nitrogen and oxygen atoms in total. The van der Waals surface area contributed by atoms with E-state index in [-0.39, 0.29) is 22.3 Å². The van der Waals surface area contributed by atoms with Gasteiger partial charge in [0.1, 0.15) is 5.82 Å². The molecular formula is C9H10BClN2O3. The Balaban J connectivity index is 2.11. The Bertz CT molecular complexity index is 423. The van der Waals surface area contributed by atoms with E-state index in [4.69, 9.17) is 21.6 Å². The Morgan fingerprint density at radius 2 is 2.25 bits per heavy atom. The summed E-state index contributed by atoms with van der Waals surface area (Å²) in [6, 6.07) is 1.40. The molecule has 0 saturated heterocycles. The van der Waals surface area contributed by atoms with Crippen molar-refractivity contribution in [1.82, 2.24) is 4.98 Å². The Hall–Kier alpha value is -1.11. The summed E-state index contributed by atoms with van der Waals surface area (Å²) in [4.78, 5) is 15.3. The Labute approximate surface area is 97.6 Å². The molecule has 84 valence electrons. The number of pyridine rings is 1. The van der Waals surface area contributed by atoms with E-state index in [0.717, 1.165) is 12.8 Å². The van der Waals surface area contributed by atoms with Gasteiger partial charge in [0, 0.05) is 22.6 Å². The lowest BCUT2D eigenvalue weighted by Crippen LogP contribution is -2.31. The van der Waals surface area contributed by atoms with Crippen LogP contribution in [0.5, 0.6) is 0 Å². The summed E-state index contributed by atoms with van der Waals surface area (Å²) >= 11 is 5.79. The predicted molar refractivity (Wildman–Crippen MR) is 60.4 cm³/mol. The number of rotatable bonds is 3. The van der Waals surface area contributed by atoms with Gasteiger partial charge in [0.2, 0.25) is 5.91 Å². The van der Waals surface area contributed by atoms with Crippen molar-refractivity contribution < 1.29 is 14.8 Å². The monoisotopic (exact) mass is 240 g/mol. The van der Waals surface area contributed by atoms with Crippen LogP contribution in [0.15, 0.2) is 12.3 Å². The molecule has 2 rings (SSSR count). The first-order valence-corrected chi connectivity index (χ1v) is 5.28. The number of carbonyl (C=O) groups is 1. The van der Waals surface area contributed by atoms with E-state index in [2.05, 4.69) is 10.3 Å². The summed E-state index contributed by atoms with van der Waals surface area (Å²) in [6.45, 7) is 0. The third-order valence-electron chi connectivity index (χ3n) is 2.36. The molecule has 1 aromatic heterocycles. The van der Waals surface area contributed by atoms with Crippen molar-refractivity contribution in [3.05, 3.63) is 17.3 Å². The van der Waals surface area contributed by atoms with Crippen molar-refractivity contribution in [3.63, 3.8) is 0 Å². The van der Waals surface area contributed by atoms with Gasteiger partial charge in [-0.15, -0.1) is 0 Å². The summed E-state index contributed by atoms with van der Waals surface area (Å²) in [5.41, 5.74) is 0.117. The standard InChI is InChI=1S/C9H10BClN2O3/c11-7-3-8(12-4-6(7)10(15)16)13-9(14)5-1-2-5/h3-5,15-16H,1-2H2,(H,12,13,14). The topological polar surface area (TPSA) is 82.5 Å². The zero-order valence-electron chi connectivity index (χ0n) is 8.35. The average molecular weight is 240 g/mol. The maximum Gasteiger partial charge on any atom is 0.491 e. The number of aromatic nitrogens is 1. The van der Waals surface area contributed by atoms with Gasteiger partial charge < -0.3 is 15.4 Å². The van der Waals surface area contributed by atoms with Gasteiger partial charge >= 0.3 is 7.12 Å². The molecule has 0 radical (unpaired) electrons. The fourth-order valence-electron chi connectivity index (χ4n) is 1.27.